The van der Waals surface area contributed by atoms with E-state index in [1.54, 1.807) is 6.20 Å². The van der Waals surface area contributed by atoms with Gasteiger partial charge in [-0.15, -0.1) is 0 Å². The lowest BCUT2D eigenvalue weighted by atomic mass is 9.85. The fourth-order valence-corrected chi connectivity index (χ4v) is 2.52. The van der Waals surface area contributed by atoms with Gasteiger partial charge in [-0.2, -0.15) is 5.26 Å². The third kappa shape index (κ3) is 1.74. The molecule has 0 bridgehead atoms. The zero-order valence-corrected chi connectivity index (χ0v) is 9.94. The quantitative estimate of drug-likeness (QED) is 0.750. The molecule has 0 aliphatic carbocycles. The Morgan fingerprint density at radius 2 is 2.35 bits per heavy atom. The van der Waals surface area contributed by atoms with Crippen molar-refractivity contribution in [1.29, 1.82) is 5.26 Å². The summed E-state index contributed by atoms with van der Waals surface area (Å²) in [6.45, 7) is 3.55. The smallest absolute Gasteiger partial charge is 0.178 e. The van der Waals surface area contributed by atoms with Crippen LogP contribution in [0.25, 0.3) is 0 Å². The van der Waals surface area contributed by atoms with Crippen LogP contribution in [-0.4, -0.2) is 36.3 Å². The molecule has 0 aromatic carbocycles. The normalized spacial score (nSPS) is 21.3. The first-order valence-corrected chi connectivity index (χ1v) is 5.86. The van der Waals surface area contributed by atoms with Crippen LogP contribution in [0.3, 0.4) is 0 Å². The summed E-state index contributed by atoms with van der Waals surface area (Å²) in [5, 5.41) is 8.91. The van der Waals surface area contributed by atoms with Crippen molar-refractivity contribution in [2.24, 2.45) is 5.41 Å². The molecule has 1 aromatic rings. The number of nitriles is 1. The predicted molar refractivity (Wildman–Crippen MR) is 61.8 cm³/mol. The second kappa shape index (κ2) is 3.83. The largest absolute Gasteiger partial charge is 0.380 e. The maximum absolute atomic E-state index is 8.74. The third-order valence-corrected chi connectivity index (χ3v) is 3.67. The molecule has 6 heteroatoms. The molecule has 2 fully saturated rings. The molecule has 0 amide bonds. The van der Waals surface area contributed by atoms with Crippen molar-refractivity contribution in [1.82, 2.24) is 9.97 Å². The summed E-state index contributed by atoms with van der Waals surface area (Å²) in [5.74, 6) is 0.748. The highest BCUT2D eigenvalue weighted by molar-refractivity contribution is 6.30. The fourth-order valence-electron chi connectivity index (χ4n) is 2.34. The first kappa shape index (κ1) is 10.8. The van der Waals surface area contributed by atoms with Gasteiger partial charge in [0.2, 0.25) is 0 Å². The molecule has 3 rings (SSSR count). The second-order valence-corrected chi connectivity index (χ2v) is 5.00. The number of halogens is 1. The Kier molecular flexibility index (Phi) is 2.42. The molecule has 2 saturated heterocycles. The molecule has 2 aliphatic rings. The molecule has 1 aromatic heterocycles. The number of hydrogen-bond donors (Lipinski definition) is 0. The van der Waals surface area contributed by atoms with Gasteiger partial charge < -0.3 is 9.64 Å². The van der Waals surface area contributed by atoms with Gasteiger partial charge in [-0.3, -0.25) is 0 Å². The van der Waals surface area contributed by atoms with Crippen LogP contribution in [0.5, 0.6) is 0 Å². The number of rotatable bonds is 1. The van der Waals surface area contributed by atoms with Gasteiger partial charge in [0, 0.05) is 18.5 Å². The highest BCUT2D eigenvalue weighted by Gasteiger charge is 2.44. The molecule has 0 N–H and O–H groups in total. The van der Waals surface area contributed by atoms with Crippen molar-refractivity contribution < 1.29 is 4.74 Å². The van der Waals surface area contributed by atoms with Crippen LogP contribution in [0.15, 0.2) is 6.20 Å². The molecule has 0 saturated carbocycles. The van der Waals surface area contributed by atoms with Gasteiger partial charge in [-0.1, -0.05) is 11.6 Å². The van der Waals surface area contributed by atoms with Gasteiger partial charge in [0.15, 0.2) is 10.8 Å². The predicted octanol–water partition coefficient (Wildman–Crippen LogP) is 1.23. The van der Waals surface area contributed by atoms with Gasteiger partial charge in [-0.25, -0.2) is 9.97 Å². The van der Waals surface area contributed by atoms with Gasteiger partial charge in [0.1, 0.15) is 11.9 Å². The van der Waals surface area contributed by atoms with Crippen LogP contribution in [0.1, 0.15) is 12.1 Å². The Labute approximate surface area is 104 Å². The van der Waals surface area contributed by atoms with Crippen molar-refractivity contribution >= 4 is 17.4 Å². The number of anilines is 1. The lowest BCUT2D eigenvalue weighted by molar-refractivity contribution is -0.0985. The molecule has 0 unspecified atom stereocenters. The summed E-state index contributed by atoms with van der Waals surface area (Å²) < 4.78 is 5.27. The zero-order chi connectivity index (χ0) is 11.9. The molecule has 1 spiro atoms. The first-order valence-electron chi connectivity index (χ1n) is 5.48. The summed E-state index contributed by atoms with van der Waals surface area (Å²) >= 11 is 5.88. The van der Waals surface area contributed by atoms with E-state index in [4.69, 9.17) is 21.6 Å². The maximum Gasteiger partial charge on any atom is 0.178 e. The van der Waals surface area contributed by atoms with Crippen LogP contribution >= 0.6 is 11.6 Å². The summed E-state index contributed by atoms with van der Waals surface area (Å²) in [4.78, 5) is 10.4. The Hall–Kier alpha value is -1.38. The van der Waals surface area contributed by atoms with Crippen LogP contribution in [0, 0.1) is 16.7 Å². The summed E-state index contributed by atoms with van der Waals surface area (Å²) in [7, 11) is 0. The molecule has 0 radical (unpaired) electrons. The number of aromatic nitrogens is 2. The van der Waals surface area contributed by atoms with Crippen LogP contribution in [-0.2, 0) is 4.74 Å². The van der Waals surface area contributed by atoms with E-state index in [2.05, 4.69) is 14.9 Å². The Morgan fingerprint density at radius 3 is 2.88 bits per heavy atom. The molecular formula is C11H11ClN4O. The minimum Gasteiger partial charge on any atom is -0.380 e. The standard InChI is InChI=1S/C11H11ClN4O/c12-10-8(3-13)14-4-9(15-10)16-2-1-11(5-16)6-17-7-11/h4H,1-2,5-7H2. The van der Waals surface area contributed by atoms with Gasteiger partial charge >= 0.3 is 0 Å². The number of hydrogen-bond acceptors (Lipinski definition) is 5. The first-order chi connectivity index (χ1) is 8.22. The molecule has 2 aliphatic heterocycles. The SMILES string of the molecule is N#Cc1ncc(N2CCC3(COC3)C2)nc1Cl. The van der Waals surface area contributed by atoms with E-state index in [-0.39, 0.29) is 10.8 Å². The highest BCUT2D eigenvalue weighted by atomic mass is 35.5. The summed E-state index contributed by atoms with van der Waals surface area (Å²) in [5.41, 5.74) is 0.485. The van der Waals surface area contributed by atoms with Gasteiger partial charge in [0.25, 0.3) is 0 Å². The molecule has 3 heterocycles. The lowest BCUT2D eigenvalue weighted by Gasteiger charge is -2.37. The van der Waals surface area contributed by atoms with E-state index >= 15 is 0 Å². The molecule has 5 nitrogen and oxygen atoms in total. The zero-order valence-electron chi connectivity index (χ0n) is 9.19. The van der Waals surface area contributed by atoms with E-state index in [1.807, 2.05) is 6.07 Å². The number of ether oxygens (including phenoxy) is 1. The Balaban J connectivity index is 1.81. The molecule has 0 atom stereocenters. The molecule has 17 heavy (non-hydrogen) atoms. The highest BCUT2D eigenvalue weighted by Crippen LogP contribution is 2.38. The van der Waals surface area contributed by atoms with E-state index in [0.29, 0.717) is 5.41 Å². The van der Waals surface area contributed by atoms with Crippen molar-refractivity contribution in [3.05, 3.63) is 17.0 Å². The third-order valence-electron chi connectivity index (χ3n) is 3.40. The average Bonchev–Trinajstić information content (AvgIpc) is 2.73. The van der Waals surface area contributed by atoms with Crippen LogP contribution < -0.4 is 4.90 Å². The van der Waals surface area contributed by atoms with Gasteiger partial charge in [0.05, 0.1) is 19.4 Å². The van der Waals surface area contributed by atoms with Crippen molar-refractivity contribution in [2.75, 3.05) is 31.2 Å². The van der Waals surface area contributed by atoms with Crippen molar-refractivity contribution in [2.45, 2.75) is 6.42 Å². The summed E-state index contributed by atoms with van der Waals surface area (Å²) in [6.07, 6.45) is 2.73. The Morgan fingerprint density at radius 1 is 1.53 bits per heavy atom. The topological polar surface area (TPSA) is 62.0 Å². The lowest BCUT2D eigenvalue weighted by Crippen LogP contribution is -2.44. The van der Waals surface area contributed by atoms with E-state index < -0.39 is 0 Å². The maximum atomic E-state index is 8.74. The average molecular weight is 251 g/mol. The van der Waals surface area contributed by atoms with Crippen LogP contribution in [0.2, 0.25) is 5.15 Å². The minimum atomic E-state index is 0.177. The van der Waals surface area contributed by atoms with Crippen molar-refractivity contribution in [3.63, 3.8) is 0 Å². The molecular weight excluding hydrogens is 240 g/mol. The number of nitrogens with zero attached hydrogens (tertiary/aromatic N) is 4. The van der Waals surface area contributed by atoms with Gasteiger partial charge in [-0.05, 0) is 6.42 Å². The minimum absolute atomic E-state index is 0.177. The van der Waals surface area contributed by atoms with E-state index in [9.17, 15) is 0 Å². The molecule has 88 valence electrons. The second-order valence-electron chi connectivity index (χ2n) is 4.64. The summed E-state index contributed by atoms with van der Waals surface area (Å²) in [6, 6.07) is 1.91. The Bertz CT molecular complexity index is 495. The van der Waals surface area contributed by atoms with E-state index in [1.165, 1.54) is 0 Å². The fraction of sp³-hybridized carbons (Fsp3) is 0.545. The van der Waals surface area contributed by atoms with Crippen molar-refractivity contribution in [3.8, 4) is 6.07 Å². The van der Waals surface area contributed by atoms with Crippen LogP contribution in [0.4, 0.5) is 5.82 Å². The van der Waals surface area contributed by atoms with E-state index in [0.717, 1.165) is 38.5 Å². The monoisotopic (exact) mass is 250 g/mol.